The Balaban J connectivity index is 1.39. The Labute approximate surface area is 346 Å². The van der Waals surface area contributed by atoms with Crippen molar-refractivity contribution in [1.29, 1.82) is 0 Å². The smallest absolute Gasteiger partial charge is 0.268 e. The summed E-state index contributed by atoms with van der Waals surface area (Å²) in [6.45, 7) is 3.62. The molecular formula is C40H36BrF2IN5O5PS. The first kappa shape index (κ1) is 41.4. The molecule has 2 aromatic heterocycles. The van der Waals surface area contributed by atoms with Crippen LogP contribution in [0.15, 0.2) is 129 Å². The number of benzene rings is 4. The molecule has 0 spiro atoms. The molecule has 0 fully saturated rings. The zero-order valence-corrected chi connectivity index (χ0v) is 35.6. The molecule has 56 heavy (non-hydrogen) atoms. The van der Waals surface area contributed by atoms with Gasteiger partial charge in [-0.15, -0.1) is 0 Å². The van der Waals surface area contributed by atoms with Gasteiger partial charge in [-0.25, -0.2) is 21.2 Å². The molecule has 0 aliphatic carbocycles. The molecule has 0 bridgehead atoms. The van der Waals surface area contributed by atoms with E-state index in [1.54, 1.807) is 61.3 Å². The molecule has 10 nitrogen and oxygen atoms in total. The maximum atomic E-state index is 16.4. The predicted molar refractivity (Wildman–Crippen MR) is 228 cm³/mol. The predicted octanol–water partition coefficient (Wildman–Crippen LogP) is 9.95. The van der Waals surface area contributed by atoms with Crippen LogP contribution in [0.4, 0.5) is 8.78 Å². The molecule has 2 unspecified atom stereocenters. The average molecular weight is 975 g/mol. The Morgan fingerprint density at radius 1 is 1.04 bits per heavy atom. The first-order valence-electron chi connectivity index (χ1n) is 17.2. The Morgan fingerprint density at radius 2 is 1.82 bits per heavy atom. The van der Waals surface area contributed by atoms with Gasteiger partial charge in [0.15, 0.2) is 17.9 Å². The number of ether oxygens (including phenoxy) is 2. The van der Waals surface area contributed by atoms with Crippen LogP contribution in [0.3, 0.4) is 0 Å². The van der Waals surface area contributed by atoms with E-state index < -0.39 is 27.3 Å². The van der Waals surface area contributed by atoms with Crippen molar-refractivity contribution >= 4 is 77.8 Å². The SMILES string of the molecule is CC(C)(C=O)OCCC(c1cccc(Br)c1)n1ccc(-c2cc(Oc3c(F)cc4c(ccn4S(=O)(=O)c4ccccc4)c3CC(=C/N)/C=N/PI)ccc2F)n1. The molecule has 2 N–H and O–H groups in total. The standard InChI is InChI=1S/C40H36BrF2IN5O5PS/c1-40(2,25-50)53-18-15-37(27-7-6-8-28(41)20-27)48-16-14-36(47-48)33-21-29(11-12-34(33)42)54-39-32(19-26(23-45)24-46-55-44)31-13-17-49(38(31)22-35(39)43)56(51,52)30-9-4-3-5-10-30/h3-14,16-17,20-25,37,55H,15,18-19,45H2,1-2H3/b26-23-,46-24+. The summed E-state index contributed by atoms with van der Waals surface area (Å²) in [6.07, 6.45) is 7.49. The van der Waals surface area contributed by atoms with Gasteiger partial charge in [0.1, 0.15) is 17.2 Å². The van der Waals surface area contributed by atoms with Crippen molar-refractivity contribution in [3.05, 3.63) is 142 Å². The second-order valence-corrected chi connectivity index (χ2v) is 17.7. The van der Waals surface area contributed by atoms with E-state index in [-0.39, 0.29) is 52.9 Å². The highest BCUT2D eigenvalue weighted by Crippen LogP contribution is 2.39. The number of carbonyl (C=O) groups excluding carboxylic acids is 1. The first-order valence-corrected chi connectivity index (χ1v) is 23.5. The van der Waals surface area contributed by atoms with Gasteiger partial charge in [0.05, 0.1) is 35.1 Å². The topological polar surface area (TPSA) is 131 Å². The third-order valence-electron chi connectivity index (χ3n) is 8.89. The maximum absolute atomic E-state index is 16.4. The molecule has 6 aromatic rings. The molecule has 0 amide bonds. The quantitative estimate of drug-likeness (QED) is 0.0442. The summed E-state index contributed by atoms with van der Waals surface area (Å²) < 4.78 is 79.2. The summed E-state index contributed by atoms with van der Waals surface area (Å²) in [5.74, 6) is -1.50. The van der Waals surface area contributed by atoms with Gasteiger partial charge >= 0.3 is 0 Å². The van der Waals surface area contributed by atoms with E-state index >= 15 is 8.78 Å². The van der Waals surface area contributed by atoms with E-state index in [9.17, 15) is 13.2 Å². The van der Waals surface area contributed by atoms with Crippen molar-refractivity contribution in [2.24, 2.45) is 10.5 Å². The minimum Gasteiger partial charge on any atom is -0.454 e. The molecule has 2 atom stereocenters. The number of aromatic nitrogens is 3. The summed E-state index contributed by atoms with van der Waals surface area (Å²) in [4.78, 5) is 11.5. The number of nitrogens with two attached hydrogens (primary N) is 1. The van der Waals surface area contributed by atoms with E-state index in [4.69, 9.17) is 20.3 Å². The van der Waals surface area contributed by atoms with Crippen molar-refractivity contribution in [2.75, 3.05) is 6.61 Å². The van der Waals surface area contributed by atoms with E-state index in [2.05, 4.69) is 42.7 Å². The molecule has 0 aliphatic rings. The van der Waals surface area contributed by atoms with Crippen LogP contribution in [0.2, 0.25) is 0 Å². The number of hydrogen-bond donors (Lipinski definition) is 1. The highest BCUT2D eigenvalue weighted by Gasteiger charge is 2.26. The summed E-state index contributed by atoms with van der Waals surface area (Å²) in [7, 11) is -4.08. The van der Waals surface area contributed by atoms with Crippen LogP contribution < -0.4 is 10.5 Å². The Kier molecular flexibility index (Phi) is 13.2. The number of fused-ring (bicyclic) bond motifs is 1. The second kappa shape index (κ2) is 17.9. The monoisotopic (exact) mass is 973 g/mol. The summed E-state index contributed by atoms with van der Waals surface area (Å²) >= 11 is 5.64. The molecule has 0 saturated heterocycles. The molecule has 6 rings (SSSR count). The summed E-state index contributed by atoms with van der Waals surface area (Å²) in [6, 6.07) is 23.6. The van der Waals surface area contributed by atoms with Gasteiger partial charge in [0.2, 0.25) is 0 Å². The second-order valence-electron chi connectivity index (χ2n) is 13.1. The molecule has 2 heterocycles. The van der Waals surface area contributed by atoms with Crippen LogP contribution in [0.5, 0.6) is 11.5 Å². The molecule has 290 valence electrons. The largest absolute Gasteiger partial charge is 0.454 e. The fourth-order valence-corrected chi connectivity index (χ4v) is 8.51. The molecule has 0 radical (unpaired) electrons. The fourth-order valence-electron chi connectivity index (χ4n) is 6.11. The first-order chi connectivity index (χ1) is 26.8. The van der Waals surface area contributed by atoms with E-state index in [1.807, 2.05) is 24.3 Å². The number of halogens is 4. The number of hydrogen-bond acceptors (Lipinski definition) is 8. The highest BCUT2D eigenvalue weighted by atomic mass is 127. The lowest BCUT2D eigenvalue weighted by molar-refractivity contribution is -0.127. The Morgan fingerprint density at radius 3 is 2.54 bits per heavy atom. The third kappa shape index (κ3) is 9.29. The molecule has 0 aliphatic heterocycles. The molecule has 16 heteroatoms. The van der Waals surface area contributed by atoms with Gasteiger partial charge in [-0.05, 0) is 114 Å². The molecule has 0 saturated carbocycles. The van der Waals surface area contributed by atoms with Crippen LogP contribution in [-0.2, 0) is 26.0 Å². The van der Waals surface area contributed by atoms with E-state index in [0.717, 1.165) is 26.4 Å². The lowest BCUT2D eigenvalue weighted by Crippen LogP contribution is -2.27. The number of rotatable bonds is 16. The van der Waals surface area contributed by atoms with Gasteiger partial charge in [-0.1, -0.05) is 46.3 Å². The van der Waals surface area contributed by atoms with Crippen molar-refractivity contribution in [2.45, 2.75) is 43.2 Å². The molecule has 4 aromatic carbocycles. The van der Waals surface area contributed by atoms with Crippen molar-refractivity contribution in [1.82, 2.24) is 13.8 Å². The number of nitrogens with zero attached hydrogens (tertiary/aromatic N) is 4. The number of carbonyl (C=O) groups is 1. The minimum absolute atomic E-state index is 0.0388. The summed E-state index contributed by atoms with van der Waals surface area (Å²) in [5.41, 5.74) is 7.26. The maximum Gasteiger partial charge on any atom is 0.268 e. The van der Waals surface area contributed by atoms with Crippen LogP contribution in [0.25, 0.3) is 22.2 Å². The number of allylic oxidation sites excluding steroid dienone is 1. The van der Waals surface area contributed by atoms with E-state index in [1.165, 1.54) is 42.7 Å². The molecular weight excluding hydrogens is 938 g/mol. The normalized spacial score (nSPS) is 13.3. The van der Waals surface area contributed by atoms with Crippen LogP contribution in [0.1, 0.15) is 37.4 Å². The van der Waals surface area contributed by atoms with E-state index in [0.29, 0.717) is 28.6 Å². The van der Waals surface area contributed by atoms with Gasteiger partial charge in [-0.3, -0.25) is 9.44 Å². The van der Waals surface area contributed by atoms with Crippen LogP contribution >= 0.6 is 44.3 Å². The van der Waals surface area contributed by atoms with Crippen molar-refractivity contribution in [3.63, 3.8) is 0 Å². The van der Waals surface area contributed by atoms with Gasteiger partial charge in [-0.2, -0.15) is 5.10 Å². The van der Waals surface area contributed by atoms with Gasteiger partial charge in [0.25, 0.3) is 10.0 Å². The van der Waals surface area contributed by atoms with Gasteiger partial charge in [0, 0.05) is 52.1 Å². The highest BCUT2D eigenvalue weighted by molar-refractivity contribution is 14.2. The zero-order valence-electron chi connectivity index (χ0n) is 30.1. The van der Waals surface area contributed by atoms with Crippen LogP contribution in [0, 0.1) is 11.6 Å². The minimum atomic E-state index is -4.08. The zero-order chi connectivity index (χ0) is 40.0. The third-order valence-corrected chi connectivity index (χ3v) is 12.1. The van der Waals surface area contributed by atoms with Gasteiger partial charge < -0.3 is 20.0 Å². The lowest BCUT2D eigenvalue weighted by atomic mass is 10.0. The average Bonchev–Trinajstić information content (AvgIpc) is 3.85. The number of aldehydes is 1. The Bertz CT molecular complexity index is 2550. The lowest BCUT2D eigenvalue weighted by Gasteiger charge is -2.22. The van der Waals surface area contributed by atoms with Crippen molar-refractivity contribution < 1.29 is 31.5 Å². The van der Waals surface area contributed by atoms with Crippen molar-refractivity contribution in [3.8, 4) is 22.8 Å². The Hall–Kier alpha value is -4.28. The fraction of sp³-hybridized carbons (Fsp3) is 0.175. The summed E-state index contributed by atoms with van der Waals surface area (Å²) in [5, 5.41) is 5.16. The van der Waals surface area contributed by atoms with Crippen LogP contribution in [-0.4, -0.2) is 46.9 Å².